The van der Waals surface area contributed by atoms with Crippen LogP contribution in [0.5, 0.6) is 0 Å². The SMILES string of the molecule is ClC/C=C(\Cl)CCCl. The second-order valence-corrected chi connectivity index (χ2v) is 2.42. The van der Waals surface area contributed by atoms with Gasteiger partial charge in [0.15, 0.2) is 0 Å². The highest BCUT2D eigenvalue weighted by Gasteiger charge is 1.86. The van der Waals surface area contributed by atoms with Crippen molar-refractivity contribution in [3.05, 3.63) is 11.1 Å². The van der Waals surface area contributed by atoms with Crippen LogP contribution in [0.2, 0.25) is 0 Å². The Labute approximate surface area is 64.4 Å². The molecule has 0 atom stereocenters. The fourth-order valence-electron chi connectivity index (χ4n) is 0.276. The normalized spacial score (nSPS) is 12.1. The largest absolute Gasteiger partial charge is 0.126 e. The van der Waals surface area contributed by atoms with Crippen LogP contribution in [0.25, 0.3) is 0 Å². The van der Waals surface area contributed by atoms with Crippen molar-refractivity contribution in [2.24, 2.45) is 0 Å². The highest BCUT2D eigenvalue weighted by atomic mass is 35.5. The summed E-state index contributed by atoms with van der Waals surface area (Å²) in [6.07, 6.45) is 2.46. The van der Waals surface area contributed by atoms with Crippen molar-refractivity contribution in [2.75, 3.05) is 11.8 Å². The van der Waals surface area contributed by atoms with Gasteiger partial charge in [0.05, 0.1) is 0 Å². The van der Waals surface area contributed by atoms with Crippen molar-refractivity contribution in [3.8, 4) is 0 Å². The zero-order valence-electron chi connectivity index (χ0n) is 4.33. The first-order valence-electron chi connectivity index (χ1n) is 2.27. The molecule has 0 bridgehead atoms. The van der Waals surface area contributed by atoms with E-state index in [9.17, 15) is 0 Å². The Morgan fingerprint density at radius 3 is 2.38 bits per heavy atom. The molecular weight excluding hydrogens is 166 g/mol. The molecule has 0 heterocycles. The van der Waals surface area contributed by atoms with Gasteiger partial charge in [-0.1, -0.05) is 17.7 Å². The first kappa shape index (κ1) is 8.61. The Bertz CT molecular complexity index is 77.7. The molecule has 0 aliphatic heterocycles. The second-order valence-electron chi connectivity index (χ2n) is 1.24. The van der Waals surface area contributed by atoms with Crippen LogP contribution in [0, 0.1) is 0 Å². The lowest BCUT2D eigenvalue weighted by molar-refractivity contribution is 1.20. The molecule has 0 N–H and O–H groups in total. The van der Waals surface area contributed by atoms with Crippen molar-refractivity contribution >= 4 is 34.8 Å². The van der Waals surface area contributed by atoms with Gasteiger partial charge in [-0.2, -0.15) is 0 Å². The minimum atomic E-state index is 0.468. The van der Waals surface area contributed by atoms with Crippen molar-refractivity contribution in [1.82, 2.24) is 0 Å². The van der Waals surface area contributed by atoms with E-state index >= 15 is 0 Å². The molecule has 0 rings (SSSR count). The molecule has 8 heavy (non-hydrogen) atoms. The molecule has 0 aliphatic rings. The quantitative estimate of drug-likeness (QED) is 0.576. The third-order valence-electron chi connectivity index (χ3n) is 0.632. The molecule has 0 fully saturated rings. The number of rotatable bonds is 3. The van der Waals surface area contributed by atoms with Gasteiger partial charge in [0.1, 0.15) is 0 Å². The van der Waals surface area contributed by atoms with E-state index < -0.39 is 0 Å². The van der Waals surface area contributed by atoms with E-state index in [0.717, 1.165) is 11.5 Å². The summed E-state index contributed by atoms with van der Waals surface area (Å²) in [4.78, 5) is 0. The maximum atomic E-state index is 5.57. The van der Waals surface area contributed by atoms with Crippen LogP contribution >= 0.6 is 34.8 Å². The van der Waals surface area contributed by atoms with Crippen molar-refractivity contribution in [2.45, 2.75) is 6.42 Å². The molecule has 3 heteroatoms. The summed E-state index contributed by atoms with van der Waals surface area (Å²) < 4.78 is 0. The Morgan fingerprint density at radius 1 is 1.38 bits per heavy atom. The molecule has 0 amide bonds. The maximum absolute atomic E-state index is 5.57. The molecule has 0 saturated carbocycles. The topological polar surface area (TPSA) is 0 Å². The summed E-state index contributed by atoms with van der Waals surface area (Å²) in [6, 6.07) is 0. The third kappa shape index (κ3) is 4.76. The number of hydrogen-bond donors (Lipinski definition) is 0. The monoisotopic (exact) mass is 172 g/mol. The molecule has 0 unspecified atom stereocenters. The molecule has 0 aromatic heterocycles. The zero-order chi connectivity index (χ0) is 6.41. The van der Waals surface area contributed by atoms with Crippen LogP contribution < -0.4 is 0 Å². The molecule has 0 nitrogen and oxygen atoms in total. The lowest BCUT2D eigenvalue weighted by Gasteiger charge is -1.88. The average Bonchev–Trinajstić information content (AvgIpc) is 1.68. The molecule has 0 aromatic carbocycles. The van der Waals surface area contributed by atoms with Crippen molar-refractivity contribution in [1.29, 1.82) is 0 Å². The molecule has 0 aromatic rings. The van der Waals surface area contributed by atoms with E-state index in [0.29, 0.717) is 11.8 Å². The van der Waals surface area contributed by atoms with Crippen LogP contribution in [0.15, 0.2) is 11.1 Å². The second kappa shape index (κ2) is 5.74. The van der Waals surface area contributed by atoms with E-state index in [1.807, 2.05) is 0 Å². The van der Waals surface area contributed by atoms with Gasteiger partial charge in [0.2, 0.25) is 0 Å². The number of allylic oxidation sites excluding steroid dienone is 2. The lowest BCUT2D eigenvalue weighted by atomic mass is 10.4. The fourth-order valence-corrected chi connectivity index (χ4v) is 1.01. The van der Waals surface area contributed by atoms with Crippen LogP contribution in [0.4, 0.5) is 0 Å². The van der Waals surface area contributed by atoms with Gasteiger partial charge in [-0.3, -0.25) is 0 Å². The van der Waals surface area contributed by atoms with Gasteiger partial charge in [-0.25, -0.2) is 0 Å². The Balaban J connectivity index is 3.29. The third-order valence-corrected chi connectivity index (χ3v) is 1.32. The maximum Gasteiger partial charge on any atom is 0.0418 e. The summed E-state index contributed by atoms with van der Waals surface area (Å²) in [5.74, 6) is 1.03. The Morgan fingerprint density at radius 2 is 2.00 bits per heavy atom. The van der Waals surface area contributed by atoms with E-state index in [4.69, 9.17) is 34.8 Å². The molecule has 0 saturated heterocycles. The van der Waals surface area contributed by atoms with E-state index in [2.05, 4.69) is 0 Å². The zero-order valence-corrected chi connectivity index (χ0v) is 6.60. The van der Waals surface area contributed by atoms with Crippen LogP contribution in [0.1, 0.15) is 6.42 Å². The van der Waals surface area contributed by atoms with Gasteiger partial charge >= 0.3 is 0 Å². The molecule has 0 aliphatic carbocycles. The molecule has 48 valence electrons. The van der Waals surface area contributed by atoms with Crippen molar-refractivity contribution in [3.63, 3.8) is 0 Å². The highest BCUT2D eigenvalue weighted by Crippen LogP contribution is 2.07. The first-order valence-corrected chi connectivity index (χ1v) is 3.72. The summed E-state index contributed by atoms with van der Waals surface area (Å²) in [6.45, 7) is 0. The highest BCUT2D eigenvalue weighted by molar-refractivity contribution is 6.31. The van der Waals surface area contributed by atoms with Gasteiger partial charge in [-0.05, 0) is 6.42 Å². The molecular formula is C5H7Cl3. The standard InChI is InChI=1S/C5H7Cl3/c6-3-1-5(8)2-4-7/h1H,2-4H2/b5-1-. The number of hydrogen-bond acceptors (Lipinski definition) is 0. The van der Waals surface area contributed by atoms with Crippen LogP contribution in [-0.2, 0) is 0 Å². The first-order chi connectivity index (χ1) is 3.81. The van der Waals surface area contributed by atoms with Crippen molar-refractivity contribution < 1.29 is 0 Å². The Kier molecular flexibility index (Phi) is 6.18. The number of alkyl halides is 2. The molecule has 0 radical (unpaired) electrons. The van der Waals surface area contributed by atoms with Crippen LogP contribution in [-0.4, -0.2) is 11.8 Å². The lowest BCUT2D eigenvalue weighted by Crippen LogP contribution is -1.74. The van der Waals surface area contributed by atoms with Gasteiger partial charge < -0.3 is 0 Å². The average molecular weight is 173 g/mol. The predicted octanol–water partition coefficient (Wildman–Crippen LogP) is 2.98. The van der Waals surface area contributed by atoms with Gasteiger partial charge in [-0.15, -0.1) is 23.2 Å². The minimum Gasteiger partial charge on any atom is -0.126 e. The van der Waals surface area contributed by atoms with E-state index in [1.165, 1.54) is 0 Å². The molecule has 0 spiro atoms. The Hall–Kier alpha value is 0.610. The predicted molar refractivity (Wildman–Crippen MR) is 40.0 cm³/mol. The summed E-state index contributed by atoms with van der Waals surface area (Å²) in [5.41, 5.74) is 0. The summed E-state index contributed by atoms with van der Waals surface area (Å²) in [7, 11) is 0. The smallest absolute Gasteiger partial charge is 0.0418 e. The van der Waals surface area contributed by atoms with Gasteiger partial charge in [0.25, 0.3) is 0 Å². The van der Waals surface area contributed by atoms with E-state index in [-0.39, 0.29) is 0 Å². The summed E-state index contributed by atoms with van der Waals surface area (Å²) >= 11 is 16.3. The fraction of sp³-hybridized carbons (Fsp3) is 0.600. The summed E-state index contributed by atoms with van der Waals surface area (Å²) in [5, 5.41) is 0.745. The minimum absolute atomic E-state index is 0.468. The van der Waals surface area contributed by atoms with Gasteiger partial charge in [0, 0.05) is 16.8 Å². The van der Waals surface area contributed by atoms with E-state index in [1.54, 1.807) is 6.08 Å². The van der Waals surface area contributed by atoms with Crippen LogP contribution in [0.3, 0.4) is 0 Å². The number of halogens is 3.